The van der Waals surface area contributed by atoms with E-state index < -0.39 is 24.6 Å². The van der Waals surface area contributed by atoms with Crippen molar-refractivity contribution in [3.8, 4) is 0 Å². The van der Waals surface area contributed by atoms with E-state index in [1.165, 1.54) is 4.90 Å². The van der Waals surface area contributed by atoms with Crippen molar-refractivity contribution >= 4 is 12.0 Å². The van der Waals surface area contributed by atoms with Gasteiger partial charge in [-0.1, -0.05) is 13.8 Å². The number of carboxylic acids is 1. The number of carbonyl (C=O) groups excluding carboxylic acids is 1. The van der Waals surface area contributed by atoms with Crippen LogP contribution in [0.3, 0.4) is 0 Å². The molecule has 6 nitrogen and oxygen atoms in total. The van der Waals surface area contributed by atoms with Gasteiger partial charge in [0.25, 0.3) is 0 Å². The van der Waals surface area contributed by atoms with Crippen LogP contribution in [0, 0.1) is 5.92 Å². The molecule has 0 heterocycles. The summed E-state index contributed by atoms with van der Waals surface area (Å²) in [5.41, 5.74) is 0. The van der Waals surface area contributed by atoms with Crippen molar-refractivity contribution in [2.75, 3.05) is 19.7 Å². The summed E-state index contributed by atoms with van der Waals surface area (Å²) in [6.45, 7) is 6.20. The molecule has 2 amide bonds. The average molecular weight is 232 g/mol. The Morgan fingerprint density at radius 3 is 2.25 bits per heavy atom. The summed E-state index contributed by atoms with van der Waals surface area (Å²) in [7, 11) is 0. The Bertz CT molecular complexity index is 243. The number of nitrogens with zero attached hydrogens (tertiary/aromatic N) is 1. The maximum Gasteiger partial charge on any atom is 0.328 e. The SMILES string of the molecule is CCN(CC(C)C)C(=O)N[C@H](CO)C(=O)O. The Morgan fingerprint density at radius 2 is 1.94 bits per heavy atom. The number of rotatable bonds is 6. The minimum atomic E-state index is -1.24. The largest absolute Gasteiger partial charge is 0.480 e. The van der Waals surface area contributed by atoms with Crippen molar-refractivity contribution < 1.29 is 19.8 Å². The fourth-order valence-corrected chi connectivity index (χ4v) is 1.22. The molecule has 0 aliphatic rings. The zero-order valence-corrected chi connectivity index (χ0v) is 9.93. The number of hydrogen-bond acceptors (Lipinski definition) is 3. The number of amides is 2. The lowest BCUT2D eigenvalue weighted by Crippen LogP contribution is -2.50. The molecule has 0 aliphatic heterocycles. The van der Waals surface area contributed by atoms with E-state index in [-0.39, 0.29) is 0 Å². The molecular weight excluding hydrogens is 212 g/mol. The Hall–Kier alpha value is -1.30. The zero-order chi connectivity index (χ0) is 12.7. The van der Waals surface area contributed by atoms with E-state index in [9.17, 15) is 9.59 Å². The average Bonchev–Trinajstić information content (AvgIpc) is 2.21. The van der Waals surface area contributed by atoms with Crippen molar-refractivity contribution in [1.29, 1.82) is 0 Å². The number of carbonyl (C=O) groups is 2. The van der Waals surface area contributed by atoms with E-state index >= 15 is 0 Å². The zero-order valence-electron chi connectivity index (χ0n) is 9.93. The number of nitrogens with one attached hydrogen (secondary N) is 1. The first-order valence-corrected chi connectivity index (χ1v) is 5.31. The van der Waals surface area contributed by atoms with Crippen molar-refractivity contribution in [2.45, 2.75) is 26.8 Å². The van der Waals surface area contributed by atoms with Gasteiger partial charge in [-0.3, -0.25) is 0 Å². The number of urea groups is 1. The molecule has 0 saturated heterocycles. The third kappa shape index (κ3) is 4.97. The van der Waals surface area contributed by atoms with Crippen LogP contribution < -0.4 is 5.32 Å². The summed E-state index contributed by atoms with van der Waals surface area (Å²) in [6, 6.07) is -1.70. The van der Waals surface area contributed by atoms with Crippen LogP contribution in [-0.4, -0.2) is 52.9 Å². The highest BCUT2D eigenvalue weighted by molar-refractivity contribution is 5.82. The maximum atomic E-state index is 11.6. The molecule has 0 aromatic heterocycles. The molecule has 0 saturated carbocycles. The first kappa shape index (κ1) is 14.7. The normalized spacial score (nSPS) is 12.3. The van der Waals surface area contributed by atoms with Crippen LogP contribution in [0.1, 0.15) is 20.8 Å². The van der Waals surface area contributed by atoms with Gasteiger partial charge in [0.05, 0.1) is 6.61 Å². The first-order chi connectivity index (χ1) is 7.42. The third-order valence-corrected chi connectivity index (χ3v) is 2.03. The standard InChI is InChI=1S/C10H20N2O4/c1-4-12(5-7(2)3)10(16)11-8(6-13)9(14)15/h7-8,13H,4-6H2,1-3H3,(H,11,16)(H,14,15)/t8-/m1/s1. The van der Waals surface area contributed by atoms with Gasteiger partial charge in [0.15, 0.2) is 6.04 Å². The molecule has 0 aliphatic carbocycles. The van der Waals surface area contributed by atoms with Crippen molar-refractivity contribution in [3.63, 3.8) is 0 Å². The molecule has 3 N–H and O–H groups in total. The number of aliphatic hydroxyl groups is 1. The summed E-state index contributed by atoms with van der Waals surface area (Å²) >= 11 is 0. The summed E-state index contributed by atoms with van der Waals surface area (Å²) in [5.74, 6) is -0.931. The number of carboxylic acid groups (broad SMARTS) is 1. The number of aliphatic hydroxyl groups excluding tert-OH is 1. The summed E-state index contributed by atoms with van der Waals surface area (Å²) < 4.78 is 0. The van der Waals surface area contributed by atoms with Crippen molar-refractivity contribution in [1.82, 2.24) is 10.2 Å². The minimum Gasteiger partial charge on any atom is -0.480 e. The third-order valence-electron chi connectivity index (χ3n) is 2.03. The Labute approximate surface area is 95.2 Å². The van der Waals surface area contributed by atoms with Crippen LogP contribution >= 0.6 is 0 Å². The van der Waals surface area contributed by atoms with Crippen LogP contribution in [-0.2, 0) is 4.79 Å². The van der Waals surface area contributed by atoms with Gasteiger partial charge in [-0.2, -0.15) is 0 Å². The van der Waals surface area contributed by atoms with Gasteiger partial charge >= 0.3 is 12.0 Å². The van der Waals surface area contributed by atoms with Crippen LogP contribution in [0.25, 0.3) is 0 Å². The van der Waals surface area contributed by atoms with E-state index in [0.29, 0.717) is 19.0 Å². The van der Waals surface area contributed by atoms with E-state index in [0.717, 1.165) is 0 Å². The minimum absolute atomic E-state index is 0.308. The van der Waals surface area contributed by atoms with Crippen LogP contribution in [0.5, 0.6) is 0 Å². The molecule has 0 spiro atoms. The molecule has 0 fully saturated rings. The molecule has 1 atom stereocenters. The van der Waals surface area contributed by atoms with Crippen LogP contribution in [0.2, 0.25) is 0 Å². The monoisotopic (exact) mass is 232 g/mol. The highest BCUT2D eigenvalue weighted by Gasteiger charge is 2.21. The molecule has 0 radical (unpaired) electrons. The van der Waals surface area contributed by atoms with Gasteiger partial charge in [0.1, 0.15) is 0 Å². The second-order valence-electron chi connectivity index (χ2n) is 3.96. The lowest BCUT2D eigenvalue weighted by Gasteiger charge is -2.24. The van der Waals surface area contributed by atoms with E-state index in [2.05, 4.69) is 5.32 Å². The summed E-state index contributed by atoms with van der Waals surface area (Å²) in [6.07, 6.45) is 0. The van der Waals surface area contributed by atoms with Gasteiger partial charge in [0, 0.05) is 13.1 Å². The smallest absolute Gasteiger partial charge is 0.328 e. The van der Waals surface area contributed by atoms with Crippen LogP contribution in [0.4, 0.5) is 4.79 Å². The molecule has 0 rings (SSSR count). The Balaban J connectivity index is 4.34. The second-order valence-corrected chi connectivity index (χ2v) is 3.96. The Morgan fingerprint density at radius 1 is 1.38 bits per heavy atom. The van der Waals surface area contributed by atoms with Crippen LogP contribution in [0.15, 0.2) is 0 Å². The van der Waals surface area contributed by atoms with Crippen molar-refractivity contribution in [2.24, 2.45) is 5.92 Å². The summed E-state index contributed by atoms with van der Waals surface area (Å²) in [5, 5.41) is 19.7. The molecule has 0 aromatic carbocycles. The number of aliphatic carboxylic acids is 1. The van der Waals surface area contributed by atoms with E-state index in [4.69, 9.17) is 10.2 Å². The molecular formula is C10H20N2O4. The second kappa shape index (κ2) is 7.05. The number of hydrogen-bond donors (Lipinski definition) is 3. The quantitative estimate of drug-likeness (QED) is 0.606. The highest BCUT2D eigenvalue weighted by atomic mass is 16.4. The lowest BCUT2D eigenvalue weighted by molar-refractivity contribution is -0.140. The molecule has 94 valence electrons. The lowest BCUT2D eigenvalue weighted by atomic mass is 10.2. The predicted octanol–water partition coefficient (Wildman–Crippen LogP) is 0.119. The first-order valence-electron chi connectivity index (χ1n) is 5.31. The van der Waals surface area contributed by atoms with Crippen molar-refractivity contribution in [3.05, 3.63) is 0 Å². The fraction of sp³-hybridized carbons (Fsp3) is 0.800. The molecule has 16 heavy (non-hydrogen) atoms. The van der Waals surface area contributed by atoms with Gasteiger partial charge in [-0.05, 0) is 12.8 Å². The van der Waals surface area contributed by atoms with Gasteiger partial charge < -0.3 is 20.4 Å². The molecule has 0 aromatic rings. The van der Waals surface area contributed by atoms with E-state index in [1.54, 1.807) is 0 Å². The fourth-order valence-electron chi connectivity index (χ4n) is 1.22. The molecule has 0 unspecified atom stereocenters. The highest BCUT2D eigenvalue weighted by Crippen LogP contribution is 1.99. The maximum absolute atomic E-state index is 11.6. The topological polar surface area (TPSA) is 89.9 Å². The van der Waals surface area contributed by atoms with E-state index in [1.807, 2.05) is 20.8 Å². The summed E-state index contributed by atoms with van der Waals surface area (Å²) in [4.78, 5) is 23.7. The van der Waals surface area contributed by atoms with Gasteiger partial charge in [0.2, 0.25) is 0 Å². The van der Waals surface area contributed by atoms with Gasteiger partial charge in [-0.25, -0.2) is 9.59 Å². The Kier molecular flexibility index (Phi) is 6.48. The molecule has 6 heteroatoms. The predicted molar refractivity (Wildman–Crippen MR) is 59.1 cm³/mol. The molecule has 0 bridgehead atoms. The van der Waals surface area contributed by atoms with Gasteiger partial charge in [-0.15, -0.1) is 0 Å².